The lowest BCUT2D eigenvalue weighted by Gasteiger charge is -2.14. The minimum Gasteiger partial charge on any atom is -0.351 e. The first-order chi connectivity index (χ1) is 13.2. The molecule has 0 aliphatic carbocycles. The Balaban J connectivity index is 1.77. The lowest BCUT2D eigenvalue weighted by molar-refractivity contribution is -0.145. The van der Waals surface area contributed by atoms with Crippen LogP contribution in [-0.4, -0.2) is 21.1 Å². The van der Waals surface area contributed by atoms with Crippen LogP contribution in [0.25, 0.3) is 10.9 Å². The van der Waals surface area contributed by atoms with Gasteiger partial charge in [-0.1, -0.05) is 59.8 Å². The highest BCUT2D eigenvalue weighted by atomic mass is 32.2. The van der Waals surface area contributed by atoms with Gasteiger partial charge in [-0.25, -0.2) is 9.97 Å². The summed E-state index contributed by atoms with van der Waals surface area (Å²) >= 11 is 0.986. The van der Waals surface area contributed by atoms with Gasteiger partial charge in [0.1, 0.15) is 5.03 Å². The number of aryl methyl sites for hydroxylation is 1. The number of nitrogens with one attached hydrogen (secondary N) is 1. The first-order valence-corrected chi connectivity index (χ1v) is 9.46. The van der Waals surface area contributed by atoms with E-state index in [1.54, 1.807) is 25.1 Å². The molecule has 1 amide bonds. The Kier molecular flexibility index (Phi) is 5.88. The Hall–Kier alpha value is -2.61. The van der Waals surface area contributed by atoms with Crippen molar-refractivity contribution in [3.05, 3.63) is 65.5 Å². The number of carbonyl (C=O) groups is 1. The number of aromatic nitrogens is 2. The van der Waals surface area contributed by atoms with E-state index in [9.17, 15) is 18.0 Å². The van der Waals surface area contributed by atoms with Gasteiger partial charge < -0.3 is 5.32 Å². The monoisotopic (exact) mass is 405 g/mol. The zero-order valence-electron chi connectivity index (χ0n) is 15.2. The van der Waals surface area contributed by atoms with Crippen LogP contribution in [0.2, 0.25) is 0 Å². The molecule has 0 aliphatic heterocycles. The van der Waals surface area contributed by atoms with Crippen molar-refractivity contribution >= 4 is 28.6 Å². The molecule has 8 heteroatoms. The van der Waals surface area contributed by atoms with Crippen molar-refractivity contribution in [1.82, 2.24) is 15.3 Å². The molecule has 4 nitrogen and oxygen atoms in total. The number of carbonyl (C=O) groups excluding carboxylic acids is 1. The molecule has 1 atom stereocenters. The molecule has 0 radical (unpaired) electrons. The first-order valence-electron chi connectivity index (χ1n) is 8.58. The molecule has 3 rings (SSSR count). The van der Waals surface area contributed by atoms with Gasteiger partial charge in [0.05, 0.1) is 10.8 Å². The van der Waals surface area contributed by atoms with Crippen LogP contribution in [-0.2, 0) is 17.5 Å². The number of rotatable bonds is 5. The Morgan fingerprint density at radius 2 is 1.79 bits per heavy atom. The van der Waals surface area contributed by atoms with Gasteiger partial charge in [0, 0.05) is 11.9 Å². The molecule has 0 aliphatic rings. The Morgan fingerprint density at radius 1 is 1.11 bits per heavy atom. The highest BCUT2D eigenvalue weighted by Gasteiger charge is 2.35. The third kappa shape index (κ3) is 4.81. The fourth-order valence-electron chi connectivity index (χ4n) is 2.52. The average molecular weight is 405 g/mol. The molecule has 1 heterocycles. The lowest BCUT2D eigenvalue weighted by atomic mass is 10.1. The fraction of sp³-hybridized carbons (Fsp3) is 0.250. The second-order valence-corrected chi connectivity index (χ2v) is 7.66. The molecule has 0 bridgehead atoms. The van der Waals surface area contributed by atoms with E-state index in [0.717, 1.165) is 22.9 Å². The van der Waals surface area contributed by atoms with Gasteiger partial charge >= 0.3 is 6.18 Å². The number of hydrogen-bond donors (Lipinski definition) is 1. The fourth-order valence-corrected chi connectivity index (χ4v) is 3.49. The molecular weight excluding hydrogens is 387 g/mol. The van der Waals surface area contributed by atoms with Crippen molar-refractivity contribution in [3.8, 4) is 0 Å². The van der Waals surface area contributed by atoms with Gasteiger partial charge in [-0.05, 0) is 25.5 Å². The largest absolute Gasteiger partial charge is 0.451 e. The normalized spacial score (nSPS) is 12.8. The van der Waals surface area contributed by atoms with Crippen LogP contribution in [0.5, 0.6) is 0 Å². The summed E-state index contributed by atoms with van der Waals surface area (Å²) in [5, 5.41) is 2.81. The number of thioether (sulfide) groups is 1. The highest BCUT2D eigenvalue weighted by molar-refractivity contribution is 8.00. The summed E-state index contributed by atoms with van der Waals surface area (Å²) in [4.78, 5) is 19.7. The van der Waals surface area contributed by atoms with Crippen LogP contribution >= 0.6 is 11.8 Å². The highest BCUT2D eigenvalue weighted by Crippen LogP contribution is 2.33. The first kappa shape index (κ1) is 20.1. The van der Waals surface area contributed by atoms with E-state index in [1.807, 2.05) is 31.2 Å². The van der Waals surface area contributed by atoms with Gasteiger partial charge in [-0.15, -0.1) is 0 Å². The van der Waals surface area contributed by atoms with Gasteiger partial charge in [0.2, 0.25) is 11.7 Å². The Labute approximate surface area is 164 Å². The van der Waals surface area contributed by atoms with E-state index in [0.29, 0.717) is 11.9 Å². The number of hydrogen-bond acceptors (Lipinski definition) is 4. The number of nitrogens with zero attached hydrogens (tertiary/aromatic N) is 2. The van der Waals surface area contributed by atoms with Crippen molar-refractivity contribution in [2.45, 2.75) is 36.8 Å². The summed E-state index contributed by atoms with van der Waals surface area (Å²) in [6.07, 6.45) is -4.66. The molecule has 1 aromatic heterocycles. The van der Waals surface area contributed by atoms with Crippen LogP contribution in [0.4, 0.5) is 13.2 Å². The van der Waals surface area contributed by atoms with Crippen molar-refractivity contribution in [3.63, 3.8) is 0 Å². The average Bonchev–Trinajstić information content (AvgIpc) is 2.66. The minimum absolute atomic E-state index is 0.135. The zero-order valence-corrected chi connectivity index (χ0v) is 16.1. The Bertz CT molecular complexity index is 990. The maximum Gasteiger partial charge on any atom is 0.451 e. The van der Waals surface area contributed by atoms with Crippen molar-refractivity contribution in [2.24, 2.45) is 0 Å². The molecule has 28 heavy (non-hydrogen) atoms. The molecule has 1 N–H and O–H groups in total. The van der Waals surface area contributed by atoms with Crippen LogP contribution in [0.3, 0.4) is 0 Å². The SMILES string of the molecule is Cc1ccc(CNC(=O)[C@@H](C)Sc2nc(C(F)(F)F)nc3ccccc23)cc1. The minimum atomic E-state index is -4.66. The van der Waals surface area contributed by atoms with Crippen LogP contribution < -0.4 is 5.32 Å². The van der Waals surface area contributed by atoms with Crippen molar-refractivity contribution in [2.75, 3.05) is 0 Å². The lowest BCUT2D eigenvalue weighted by Crippen LogP contribution is -2.30. The maximum atomic E-state index is 13.1. The molecule has 0 spiro atoms. The number of amides is 1. The zero-order chi connectivity index (χ0) is 20.3. The second-order valence-electron chi connectivity index (χ2n) is 6.33. The number of halogens is 3. The third-order valence-electron chi connectivity index (χ3n) is 4.07. The number of para-hydroxylation sites is 1. The summed E-state index contributed by atoms with van der Waals surface area (Å²) in [6, 6.07) is 14.2. The quantitative estimate of drug-likeness (QED) is 0.492. The second kappa shape index (κ2) is 8.18. The summed E-state index contributed by atoms with van der Waals surface area (Å²) < 4.78 is 39.3. The molecule has 146 valence electrons. The molecule has 0 saturated heterocycles. The van der Waals surface area contributed by atoms with Crippen LogP contribution in [0.15, 0.2) is 53.6 Å². The standard InChI is InChI=1S/C20H18F3N3OS/c1-12-7-9-14(10-8-12)11-24-17(27)13(2)28-18-15-5-3-4-6-16(15)25-19(26-18)20(21,22)23/h3-10,13H,11H2,1-2H3,(H,24,27)/t13-/m1/s1. The van der Waals surface area contributed by atoms with E-state index in [1.165, 1.54) is 6.07 Å². The van der Waals surface area contributed by atoms with E-state index in [2.05, 4.69) is 15.3 Å². The van der Waals surface area contributed by atoms with Crippen molar-refractivity contribution < 1.29 is 18.0 Å². The topological polar surface area (TPSA) is 54.9 Å². The number of fused-ring (bicyclic) bond motifs is 1. The summed E-state index contributed by atoms with van der Waals surface area (Å²) in [7, 11) is 0. The van der Waals surface area contributed by atoms with E-state index >= 15 is 0 Å². The molecule has 0 saturated carbocycles. The van der Waals surface area contributed by atoms with E-state index in [4.69, 9.17) is 0 Å². The van der Waals surface area contributed by atoms with Crippen LogP contribution in [0.1, 0.15) is 23.9 Å². The molecule has 2 aromatic carbocycles. The van der Waals surface area contributed by atoms with Gasteiger partial charge in [0.15, 0.2) is 0 Å². The third-order valence-corrected chi connectivity index (χ3v) is 5.17. The predicted octanol–water partition coefficient (Wildman–Crippen LogP) is 4.75. The summed E-state index contributed by atoms with van der Waals surface area (Å²) in [5.74, 6) is -1.48. The van der Waals surface area contributed by atoms with Gasteiger partial charge in [-0.2, -0.15) is 13.2 Å². The summed E-state index contributed by atoms with van der Waals surface area (Å²) in [5.41, 5.74) is 2.26. The van der Waals surface area contributed by atoms with Crippen molar-refractivity contribution in [1.29, 1.82) is 0 Å². The number of benzene rings is 2. The van der Waals surface area contributed by atoms with Gasteiger partial charge in [-0.3, -0.25) is 4.79 Å². The smallest absolute Gasteiger partial charge is 0.351 e. The molecular formula is C20H18F3N3OS. The van der Waals surface area contributed by atoms with E-state index in [-0.39, 0.29) is 16.4 Å². The Morgan fingerprint density at radius 3 is 2.46 bits per heavy atom. The molecule has 0 fully saturated rings. The predicted molar refractivity (Wildman–Crippen MR) is 103 cm³/mol. The maximum absolute atomic E-state index is 13.1. The number of alkyl halides is 3. The molecule has 0 unspecified atom stereocenters. The van der Waals surface area contributed by atoms with Crippen LogP contribution in [0, 0.1) is 6.92 Å². The van der Waals surface area contributed by atoms with E-state index < -0.39 is 17.3 Å². The summed E-state index contributed by atoms with van der Waals surface area (Å²) in [6.45, 7) is 3.96. The van der Waals surface area contributed by atoms with Gasteiger partial charge in [0.25, 0.3) is 0 Å². The molecule has 3 aromatic rings.